The molecule has 2 aliphatic rings. The molecule has 1 aliphatic heterocycles. The number of hydrogen-bond acceptors (Lipinski definition) is 5. The van der Waals surface area contributed by atoms with E-state index in [1.165, 1.54) is 6.26 Å². The van der Waals surface area contributed by atoms with Gasteiger partial charge in [0.1, 0.15) is 12.4 Å². The average Bonchev–Trinajstić information content (AvgIpc) is 3.01. The summed E-state index contributed by atoms with van der Waals surface area (Å²) < 4.78 is 15.7. The lowest BCUT2D eigenvalue weighted by Crippen LogP contribution is -2.48. The highest BCUT2D eigenvalue weighted by atomic mass is 16.6. The first-order valence-corrected chi connectivity index (χ1v) is 6.47. The summed E-state index contributed by atoms with van der Waals surface area (Å²) in [6, 6.07) is 3.43. The number of esters is 2. The second-order valence-electron chi connectivity index (χ2n) is 5.94. The molecule has 0 radical (unpaired) electrons. The van der Waals surface area contributed by atoms with Gasteiger partial charge in [-0.1, -0.05) is 19.9 Å². The first-order valence-electron chi connectivity index (χ1n) is 6.47. The van der Waals surface area contributed by atoms with E-state index >= 15 is 0 Å². The molecule has 1 fully saturated rings. The van der Waals surface area contributed by atoms with Gasteiger partial charge in [-0.15, -0.1) is 0 Å². The Morgan fingerprint density at radius 3 is 2.55 bits per heavy atom. The highest BCUT2D eigenvalue weighted by Gasteiger charge is 2.73. The molecule has 0 spiro atoms. The summed E-state index contributed by atoms with van der Waals surface area (Å²) in [6.45, 7) is 5.48. The van der Waals surface area contributed by atoms with Crippen molar-refractivity contribution >= 4 is 11.9 Å². The molecule has 0 N–H and O–H groups in total. The minimum Gasteiger partial charge on any atom is -0.466 e. The molecule has 20 heavy (non-hydrogen) atoms. The number of carbonyl (C=O) groups is 2. The van der Waals surface area contributed by atoms with Gasteiger partial charge in [-0.3, -0.25) is 4.79 Å². The minimum absolute atomic E-state index is 0.0196. The van der Waals surface area contributed by atoms with Crippen LogP contribution in [-0.2, 0) is 25.7 Å². The van der Waals surface area contributed by atoms with E-state index in [2.05, 4.69) is 0 Å². The Morgan fingerprint density at radius 1 is 1.30 bits per heavy atom. The molecule has 106 valence electrons. The fraction of sp³-hybridized carbons (Fsp3) is 0.467. The Balaban J connectivity index is 1.84. The van der Waals surface area contributed by atoms with E-state index in [4.69, 9.17) is 13.9 Å². The highest BCUT2D eigenvalue weighted by molar-refractivity contribution is 5.97. The van der Waals surface area contributed by atoms with Crippen LogP contribution in [0.2, 0.25) is 0 Å². The Kier molecular flexibility index (Phi) is 2.43. The van der Waals surface area contributed by atoms with Gasteiger partial charge in [-0.25, -0.2) is 4.79 Å². The molecule has 2 bridgehead atoms. The number of furan rings is 1. The molecule has 1 aliphatic carbocycles. The number of rotatable bonds is 3. The molecule has 2 heterocycles. The number of fused-ring (bicyclic) bond motifs is 2. The molecule has 1 aromatic rings. The van der Waals surface area contributed by atoms with Crippen LogP contribution in [0, 0.1) is 10.8 Å². The lowest BCUT2D eigenvalue weighted by atomic mass is 9.65. The highest BCUT2D eigenvalue weighted by Crippen LogP contribution is 2.61. The standard InChI is InChI=1S/C15H16O5/c1-13(2)14(3)6-7-15(13,20-11(14)16)12(17)19-9-10-5-4-8-18-10/h4-8H,9H2,1-3H3/t14-,15+/m0/s1. The third-order valence-corrected chi connectivity index (χ3v) is 4.78. The zero-order chi connectivity index (χ0) is 14.6. The van der Waals surface area contributed by atoms with Gasteiger partial charge >= 0.3 is 11.9 Å². The second kappa shape index (κ2) is 3.75. The zero-order valence-electron chi connectivity index (χ0n) is 11.6. The van der Waals surface area contributed by atoms with Crippen molar-refractivity contribution in [3.05, 3.63) is 36.3 Å². The van der Waals surface area contributed by atoms with E-state index in [1.54, 1.807) is 31.2 Å². The summed E-state index contributed by atoms with van der Waals surface area (Å²) in [5.41, 5.74) is -2.82. The van der Waals surface area contributed by atoms with E-state index < -0.39 is 22.4 Å². The summed E-state index contributed by atoms with van der Waals surface area (Å²) in [4.78, 5) is 24.4. The predicted molar refractivity (Wildman–Crippen MR) is 68.4 cm³/mol. The van der Waals surface area contributed by atoms with E-state index in [9.17, 15) is 9.59 Å². The van der Waals surface area contributed by atoms with Gasteiger partial charge in [-0.2, -0.15) is 0 Å². The zero-order valence-corrected chi connectivity index (χ0v) is 11.6. The normalized spacial score (nSPS) is 33.2. The lowest BCUT2D eigenvalue weighted by molar-refractivity contribution is -0.176. The summed E-state index contributed by atoms with van der Waals surface area (Å²) in [6.07, 6.45) is 4.89. The van der Waals surface area contributed by atoms with E-state index in [-0.39, 0.29) is 12.6 Å². The van der Waals surface area contributed by atoms with Crippen molar-refractivity contribution < 1.29 is 23.5 Å². The fourth-order valence-corrected chi connectivity index (χ4v) is 2.83. The Bertz CT molecular complexity index is 598. The molecule has 0 unspecified atom stereocenters. The van der Waals surface area contributed by atoms with Crippen molar-refractivity contribution in [3.63, 3.8) is 0 Å². The van der Waals surface area contributed by atoms with Crippen molar-refractivity contribution in [2.75, 3.05) is 0 Å². The van der Waals surface area contributed by atoms with Crippen molar-refractivity contribution in [2.24, 2.45) is 10.8 Å². The lowest BCUT2D eigenvalue weighted by Gasteiger charge is -2.34. The summed E-state index contributed by atoms with van der Waals surface area (Å²) in [5.74, 6) is -0.411. The van der Waals surface area contributed by atoms with Crippen LogP contribution < -0.4 is 0 Å². The van der Waals surface area contributed by atoms with Crippen LogP contribution in [-0.4, -0.2) is 17.5 Å². The maximum Gasteiger partial charge on any atom is 0.355 e. The molecule has 0 amide bonds. The number of carbonyl (C=O) groups excluding carboxylic acids is 2. The van der Waals surface area contributed by atoms with E-state index in [0.29, 0.717) is 5.76 Å². The third kappa shape index (κ3) is 1.32. The van der Waals surface area contributed by atoms with Gasteiger partial charge in [0, 0.05) is 5.41 Å². The van der Waals surface area contributed by atoms with Crippen molar-refractivity contribution in [2.45, 2.75) is 33.0 Å². The molecule has 5 nitrogen and oxygen atoms in total. The first-order chi connectivity index (χ1) is 9.33. The second-order valence-corrected chi connectivity index (χ2v) is 5.94. The molecular formula is C15H16O5. The molecule has 5 heteroatoms. The van der Waals surface area contributed by atoms with Gasteiger partial charge < -0.3 is 13.9 Å². The van der Waals surface area contributed by atoms with Gasteiger partial charge in [0.15, 0.2) is 0 Å². The van der Waals surface area contributed by atoms with Gasteiger partial charge in [-0.05, 0) is 25.1 Å². The average molecular weight is 276 g/mol. The fourth-order valence-electron chi connectivity index (χ4n) is 2.83. The molecule has 2 atom stereocenters. The van der Waals surface area contributed by atoms with Crippen molar-refractivity contribution in [1.29, 1.82) is 0 Å². The van der Waals surface area contributed by atoms with Crippen LogP contribution >= 0.6 is 0 Å². The predicted octanol–water partition coefficient (Wildman–Crippen LogP) is 2.22. The van der Waals surface area contributed by atoms with Crippen LogP contribution in [0.1, 0.15) is 26.5 Å². The van der Waals surface area contributed by atoms with Crippen LogP contribution in [0.5, 0.6) is 0 Å². The Morgan fingerprint density at radius 2 is 2.05 bits per heavy atom. The van der Waals surface area contributed by atoms with Crippen LogP contribution in [0.15, 0.2) is 35.0 Å². The molecule has 1 aromatic heterocycles. The molecule has 3 rings (SSSR count). The molecular weight excluding hydrogens is 260 g/mol. The molecule has 1 saturated heterocycles. The van der Waals surface area contributed by atoms with Crippen molar-refractivity contribution in [1.82, 2.24) is 0 Å². The van der Waals surface area contributed by atoms with Gasteiger partial charge in [0.05, 0.1) is 11.7 Å². The summed E-state index contributed by atoms with van der Waals surface area (Å²) >= 11 is 0. The maximum absolute atomic E-state index is 12.4. The summed E-state index contributed by atoms with van der Waals surface area (Å²) in [5, 5.41) is 0. The quantitative estimate of drug-likeness (QED) is 0.625. The van der Waals surface area contributed by atoms with Crippen molar-refractivity contribution in [3.8, 4) is 0 Å². The molecule has 0 aromatic carbocycles. The number of ether oxygens (including phenoxy) is 2. The summed E-state index contributed by atoms with van der Waals surface area (Å²) in [7, 11) is 0. The maximum atomic E-state index is 12.4. The largest absolute Gasteiger partial charge is 0.466 e. The Hall–Kier alpha value is -2.04. The topological polar surface area (TPSA) is 65.7 Å². The third-order valence-electron chi connectivity index (χ3n) is 4.78. The van der Waals surface area contributed by atoms with E-state index in [1.807, 2.05) is 13.8 Å². The minimum atomic E-state index is -1.34. The van der Waals surface area contributed by atoms with Gasteiger partial charge in [0.2, 0.25) is 5.60 Å². The molecule has 0 saturated carbocycles. The van der Waals surface area contributed by atoms with Crippen LogP contribution in [0.25, 0.3) is 0 Å². The smallest absolute Gasteiger partial charge is 0.355 e. The monoisotopic (exact) mass is 276 g/mol. The van der Waals surface area contributed by atoms with Crippen LogP contribution in [0.4, 0.5) is 0 Å². The first kappa shape index (κ1) is 13.0. The van der Waals surface area contributed by atoms with Crippen LogP contribution in [0.3, 0.4) is 0 Å². The SMILES string of the molecule is CC1(C)[C@@]2(C)C=C[C@]1(C(=O)OCc1ccco1)OC2=O. The van der Waals surface area contributed by atoms with Gasteiger partial charge in [0.25, 0.3) is 0 Å². The Labute approximate surface area is 116 Å². The van der Waals surface area contributed by atoms with E-state index in [0.717, 1.165) is 0 Å². The number of hydrogen-bond donors (Lipinski definition) is 0.